The predicted molar refractivity (Wildman–Crippen MR) is 81.2 cm³/mol. The van der Waals surface area contributed by atoms with Crippen LogP contribution in [0.3, 0.4) is 0 Å². The largest absolute Gasteiger partial charge is 0.399 e. The third-order valence-corrected chi connectivity index (χ3v) is 5.51. The summed E-state index contributed by atoms with van der Waals surface area (Å²) in [6.07, 6.45) is 4.41. The van der Waals surface area contributed by atoms with Gasteiger partial charge < -0.3 is 5.73 Å². The molecule has 0 saturated carbocycles. The summed E-state index contributed by atoms with van der Waals surface area (Å²) in [7, 11) is 0. The van der Waals surface area contributed by atoms with Gasteiger partial charge >= 0.3 is 0 Å². The van der Waals surface area contributed by atoms with Crippen LogP contribution in [0.1, 0.15) is 31.4 Å². The van der Waals surface area contributed by atoms with Crippen molar-refractivity contribution >= 4 is 5.69 Å². The molecule has 1 aliphatic carbocycles. The molecule has 1 heterocycles. The summed E-state index contributed by atoms with van der Waals surface area (Å²) in [6.45, 7) is 10.9. The van der Waals surface area contributed by atoms with Crippen molar-refractivity contribution in [2.75, 3.05) is 18.8 Å². The fourth-order valence-corrected chi connectivity index (χ4v) is 4.12. The molecule has 0 amide bonds. The Morgan fingerprint density at radius 3 is 3.05 bits per heavy atom. The van der Waals surface area contributed by atoms with Crippen molar-refractivity contribution in [2.24, 2.45) is 5.92 Å². The average Bonchev–Trinajstić information content (AvgIpc) is 2.38. The van der Waals surface area contributed by atoms with Crippen LogP contribution in [0, 0.1) is 5.92 Å². The van der Waals surface area contributed by atoms with E-state index in [2.05, 4.69) is 37.5 Å². The average molecular weight is 256 g/mol. The number of hydrogen-bond acceptors (Lipinski definition) is 2. The highest BCUT2D eigenvalue weighted by atomic mass is 15.2. The van der Waals surface area contributed by atoms with Gasteiger partial charge in [0.2, 0.25) is 0 Å². The Bertz CT molecular complexity index is 508. The second kappa shape index (κ2) is 4.38. The first kappa shape index (κ1) is 12.7. The lowest BCUT2D eigenvalue weighted by molar-refractivity contribution is 0.0400. The Morgan fingerprint density at radius 1 is 1.53 bits per heavy atom. The zero-order valence-electron chi connectivity index (χ0n) is 12.0. The van der Waals surface area contributed by atoms with Crippen LogP contribution in [-0.4, -0.2) is 24.0 Å². The summed E-state index contributed by atoms with van der Waals surface area (Å²) in [5.41, 5.74) is 10.2. The standard InChI is InChI=1S/C17H24N2/c1-4-8-19-9-7-17(3)12(2)16(19)10-13-5-6-14(18)11-15(13)17/h4-6,11-12,16H,1,7-10,18H2,2-3H3/t12-,16-,17-/m1/s1. The van der Waals surface area contributed by atoms with Crippen LogP contribution in [0.5, 0.6) is 0 Å². The second-order valence-corrected chi connectivity index (χ2v) is 6.43. The molecule has 19 heavy (non-hydrogen) atoms. The summed E-state index contributed by atoms with van der Waals surface area (Å²) in [5, 5.41) is 0. The maximum Gasteiger partial charge on any atom is 0.0317 e. The molecule has 0 unspecified atom stereocenters. The molecule has 1 aromatic rings. The summed E-state index contributed by atoms with van der Waals surface area (Å²) in [6, 6.07) is 7.14. The summed E-state index contributed by atoms with van der Waals surface area (Å²) in [5.74, 6) is 0.676. The number of likely N-dealkylation sites (tertiary alicyclic amines) is 1. The van der Waals surface area contributed by atoms with Gasteiger partial charge in [-0.1, -0.05) is 26.0 Å². The molecule has 1 saturated heterocycles. The van der Waals surface area contributed by atoms with E-state index < -0.39 is 0 Å². The van der Waals surface area contributed by atoms with Crippen LogP contribution in [0.2, 0.25) is 0 Å². The minimum atomic E-state index is 0.283. The fourth-order valence-electron chi connectivity index (χ4n) is 4.12. The number of nitrogens with two attached hydrogens (primary N) is 1. The van der Waals surface area contributed by atoms with Gasteiger partial charge in [0.25, 0.3) is 0 Å². The van der Waals surface area contributed by atoms with Gasteiger partial charge in [-0.05, 0) is 54.0 Å². The zero-order chi connectivity index (χ0) is 13.6. The Balaban J connectivity index is 2.06. The first-order chi connectivity index (χ1) is 9.06. The zero-order valence-corrected chi connectivity index (χ0v) is 12.0. The molecule has 102 valence electrons. The van der Waals surface area contributed by atoms with Gasteiger partial charge in [-0.15, -0.1) is 6.58 Å². The maximum atomic E-state index is 6.01. The van der Waals surface area contributed by atoms with Gasteiger partial charge in [-0.3, -0.25) is 4.90 Å². The molecule has 2 aliphatic rings. The molecular formula is C17H24N2. The third kappa shape index (κ3) is 1.81. The minimum Gasteiger partial charge on any atom is -0.399 e. The smallest absolute Gasteiger partial charge is 0.0317 e. The highest BCUT2D eigenvalue weighted by Gasteiger charge is 2.47. The van der Waals surface area contributed by atoms with Crippen molar-refractivity contribution in [3.8, 4) is 0 Å². The molecule has 1 fully saturated rings. The molecular weight excluding hydrogens is 232 g/mol. The third-order valence-electron chi connectivity index (χ3n) is 5.51. The highest BCUT2D eigenvalue weighted by Crippen LogP contribution is 2.48. The quantitative estimate of drug-likeness (QED) is 0.651. The molecule has 2 N–H and O–H groups in total. The van der Waals surface area contributed by atoms with Gasteiger partial charge in [-0.25, -0.2) is 0 Å². The first-order valence-corrected chi connectivity index (χ1v) is 7.30. The Kier molecular flexibility index (Phi) is 2.94. The molecule has 1 aromatic carbocycles. The second-order valence-electron chi connectivity index (χ2n) is 6.43. The predicted octanol–water partition coefficient (Wildman–Crippen LogP) is 2.98. The first-order valence-electron chi connectivity index (χ1n) is 7.30. The molecule has 3 rings (SSSR count). The van der Waals surface area contributed by atoms with E-state index in [1.165, 1.54) is 24.1 Å². The maximum absolute atomic E-state index is 6.01. The topological polar surface area (TPSA) is 29.3 Å². The van der Waals surface area contributed by atoms with Crippen molar-refractivity contribution in [3.05, 3.63) is 42.0 Å². The van der Waals surface area contributed by atoms with E-state index in [0.29, 0.717) is 12.0 Å². The van der Waals surface area contributed by atoms with Crippen LogP contribution in [0.15, 0.2) is 30.9 Å². The Labute approximate surface area is 116 Å². The number of hydrogen-bond donors (Lipinski definition) is 1. The minimum absolute atomic E-state index is 0.283. The summed E-state index contributed by atoms with van der Waals surface area (Å²) < 4.78 is 0. The summed E-state index contributed by atoms with van der Waals surface area (Å²) in [4.78, 5) is 2.60. The molecule has 0 radical (unpaired) electrons. The molecule has 1 aliphatic heterocycles. The summed E-state index contributed by atoms with van der Waals surface area (Å²) >= 11 is 0. The van der Waals surface area contributed by atoms with Crippen LogP contribution in [0.25, 0.3) is 0 Å². The molecule has 3 atom stereocenters. The van der Waals surface area contributed by atoms with Crippen molar-refractivity contribution in [1.29, 1.82) is 0 Å². The molecule has 2 nitrogen and oxygen atoms in total. The highest BCUT2D eigenvalue weighted by molar-refractivity contribution is 5.50. The van der Waals surface area contributed by atoms with E-state index in [1.807, 2.05) is 12.1 Å². The van der Waals surface area contributed by atoms with Crippen molar-refractivity contribution in [3.63, 3.8) is 0 Å². The number of piperidine rings is 1. The Morgan fingerprint density at radius 2 is 2.32 bits per heavy atom. The van der Waals surface area contributed by atoms with Crippen LogP contribution >= 0.6 is 0 Å². The monoisotopic (exact) mass is 256 g/mol. The lowest BCUT2D eigenvalue weighted by atomic mass is 9.59. The lowest BCUT2D eigenvalue weighted by Crippen LogP contribution is -2.57. The lowest BCUT2D eigenvalue weighted by Gasteiger charge is -2.54. The van der Waals surface area contributed by atoms with E-state index in [-0.39, 0.29) is 5.41 Å². The van der Waals surface area contributed by atoms with E-state index in [1.54, 1.807) is 0 Å². The van der Waals surface area contributed by atoms with Crippen molar-refractivity contribution in [1.82, 2.24) is 4.90 Å². The van der Waals surface area contributed by atoms with Gasteiger partial charge in [0.05, 0.1) is 0 Å². The van der Waals surface area contributed by atoms with E-state index >= 15 is 0 Å². The normalized spacial score (nSPS) is 33.8. The molecule has 0 aromatic heterocycles. The van der Waals surface area contributed by atoms with E-state index in [0.717, 1.165) is 18.7 Å². The number of anilines is 1. The van der Waals surface area contributed by atoms with Gasteiger partial charge in [0, 0.05) is 18.3 Å². The van der Waals surface area contributed by atoms with Gasteiger partial charge in [-0.2, -0.15) is 0 Å². The fraction of sp³-hybridized carbons (Fsp3) is 0.529. The van der Waals surface area contributed by atoms with Crippen molar-refractivity contribution < 1.29 is 0 Å². The number of benzene rings is 1. The number of rotatable bonds is 2. The molecule has 0 spiro atoms. The van der Waals surface area contributed by atoms with E-state index in [9.17, 15) is 0 Å². The molecule has 2 bridgehead atoms. The number of nitrogens with zero attached hydrogens (tertiary/aromatic N) is 1. The van der Waals surface area contributed by atoms with Gasteiger partial charge in [0.15, 0.2) is 0 Å². The Hall–Kier alpha value is -1.28. The van der Waals surface area contributed by atoms with Crippen LogP contribution in [0.4, 0.5) is 5.69 Å². The SMILES string of the molecule is C=CCN1CC[C@@]2(C)c3cc(N)ccc3C[C@@H]1[C@H]2C. The number of nitrogen functional groups attached to an aromatic ring is 1. The van der Waals surface area contributed by atoms with Crippen LogP contribution in [-0.2, 0) is 11.8 Å². The van der Waals surface area contributed by atoms with E-state index in [4.69, 9.17) is 5.73 Å². The van der Waals surface area contributed by atoms with Crippen molar-refractivity contribution in [2.45, 2.75) is 38.1 Å². The number of fused-ring (bicyclic) bond motifs is 4. The van der Waals surface area contributed by atoms with Crippen LogP contribution < -0.4 is 5.73 Å². The van der Waals surface area contributed by atoms with Gasteiger partial charge in [0.1, 0.15) is 0 Å². The molecule has 2 heteroatoms.